The number of aromatic amines is 1. The smallest absolute Gasteiger partial charge is 0.221 e. The lowest BCUT2D eigenvalue weighted by molar-refractivity contribution is 0.148. The Balaban J connectivity index is 1.69. The zero-order chi connectivity index (χ0) is 22.9. The molecule has 33 heavy (non-hydrogen) atoms. The summed E-state index contributed by atoms with van der Waals surface area (Å²) in [5.41, 5.74) is 5.94. The number of nitrogens with zero attached hydrogens (tertiary/aromatic N) is 5. The number of aromatic nitrogens is 5. The molecule has 0 radical (unpaired) electrons. The average molecular weight is 445 g/mol. The zero-order valence-corrected chi connectivity index (χ0v) is 19.4. The number of benzene rings is 1. The predicted molar refractivity (Wildman–Crippen MR) is 129 cm³/mol. The summed E-state index contributed by atoms with van der Waals surface area (Å²) < 4.78 is 14.0. The van der Waals surface area contributed by atoms with E-state index < -0.39 is 0 Å². The van der Waals surface area contributed by atoms with E-state index in [1.165, 1.54) is 0 Å². The maximum absolute atomic E-state index is 6.39. The van der Waals surface area contributed by atoms with Gasteiger partial charge in [-0.15, -0.1) is 0 Å². The van der Waals surface area contributed by atoms with Crippen LogP contribution in [0.2, 0.25) is 0 Å². The van der Waals surface area contributed by atoms with Crippen LogP contribution in [-0.2, 0) is 13.6 Å². The van der Waals surface area contributed by atoms with E-state index in [1.807, 2.05) is 38.4 Å². The van der Waals surface area contributed by atoms with Gasteiger partial charge in [0.2, 0.25) is 11.8 Å². The van der Waals surface area contributed by atoms with Crippen molar-refractivity contribution in [2.24, 2.45) is 7.05 Å². The van der Waals surface area contributed by atoms with Crippen LogP contribution in [0.1, 0.15) is 30.7 Å². The van der Waals surface area contributed by atoms with E-state index in [0.717, 1.165) is 57.8 Å². The van der Waals surface area contributed by atoms with Gasteiger partial charge in [0.25, 0.3) is 0 Å². The normalized spacial score (nSPS) is 17.6. The molecule has 0 amide bonds. The van der Waals surface area contributed by atoms with Gasteiger partial charge in [0.1, 0.15) is 6.10 Å². The van der Waals surface area contributed by atoms with Gasteiger partial charge in [-0.25, -0.2) is 9.67 Å². The number of fused-ring (bicyclic) bond motifs is 4. The number of H-pyrrole nitrogens is 1. The van der Waals surface area contributed by atoms with Gasteiger partial charge in [-0.05, 0) is 62.4 Å². The lowest BCUT2D eigenvalue weighted by Gasteiger charge is -2.23. The second-order valence-corrected chi connectivity index (χ2v) is 8.44. The molecule has 170 valence electrons. The number of hydrogen-bond acceptors (Lipinski definition) is 6. The summed E-state index contributed by atoms with van der Waals surface area (Å²) >= 11 is 0. The lowest BCUT2D eigenvalue weighted by atomic mass is 10.0. The number of aryl methyl sites for hydroxylation is 1. The van der Waals surface area contributed by atoms with E-state index in [0.29, 0.717) is 12.5 Å². The van der Waals surface area contributed by atoms with Crippen LogP contribution < -0.4 is 9.47 Å². The van der Waals surface area contributed by atoms with Crippen LogP contribution >= 0.6 is 0 Å². The highest BCUT2D eigenvalue weighted by Gasteiger charge is 2.19. The number of nitrogens with one attached hydrogen (secondary N) is 1. The van der Waals surface area contributed by atoms with Gasteiger partial charge >= 0.3 is 0 Å². The van der Waals surface area contributed by atoms with Crippen LogP contribution in [0.4, 0.5) is 0 Å². The number of likely N-dealkylation sites (N-methyl/N-ethyl adjacent to an activating group) is 1. The van der Waals surface area contributed by atoms with E-state index in [9.17, 15) is 0 Å². The fourth-order valence-electron chi connectivity index (χ4n) is 4.34. The molecule has 4 heterocycles. The van der Waals surface area contributed by atoms with E-state index >= 15 is 0 Å². The second kappa shape index (κ2) is 8.71. The molecule has 0 unspecified atom stereocenters. The molecule has 2 bridgehead atoms. The highest BCUT2D eigenvalue weighted by atomic mass is 16.5. The Morgan fingerprint density at radius 3 is 2.94 bits per heavy atom. The molecule has 0 aliphatic carbocycles. The summed E-state index contributed by atoms with van der Waals surface area (Å²) in [4.78, 5) is 6.72. The van der Waals surface area contributed by atoms with E-state index in [4.69, 9.17) is 9.47 Å². The number of pyridine rings is 1. The van der Waals surface area contributed by atoms with Gasteiger partial charge in [-0.2, -0.15) is 10.2 Å². The van der Waals surface area contributed by atoms with Gasteiger partial charge in [-0.3, -0.25) is 10.00 Å². The standard InChI is InChI=1S/C25H28N6O2/c1-5-32-24-19-7-9-23-20-12-17(6-8-22(20)28-29-23)21-13-27-31(4)25(21)33-16(2)14-30(3)15-18(19)10-11-26-24/h6-13,16H,5,14-15H2,1-4H3,(H,28,29)/b9-7+/t16-/m0/s1. The van der Waals surface area contributed by atoms with Crippen LogP contribution in [0.15, 0.2) is 36.7 Å². The van der Waals surface area contributed by atoms with Crippen LogP contribution in [-0.4, -0.2) is 56.2 Å². The van der Waals surface area contributed by atoms with Crippen molar-refractivity contribution in [3.05, 3.63) is 53.5 Å². The molecule has 1 aromatic carbocycles. The topological polar surface area (TPSA) is 81.1 Å². The molecule has 0 saturated carbocycles. The van der Waals surface area contributed by atoms with Gasteiger partial charge in [-0.1, -0.05) is 6.07 Å². The van der Waals surface area contributed by atoms with Crippen molar-refractivity contribution in [1.29, 1.82) is 0 Å². The maximum atomic E-state index is 6.39. The third-order valence-electron chi connectivity index (χ3n) is 5.84. The molecule has 1 atom stereocenters. The van der Waals surface area contributed by atoms with Crippen molar-refractivity contribution in [3.8, 4) is 22.9 Å². The molecule has 1 aliphatic heterocycles. The molecule has 4 aromatic rings. The van der Waals surface area contributed by atoms with E-state index in [2.05, 4.69) is 57.4 Å². The third kappa shape index (κ3) is 4.09. The third-order valence-corrected chi connectivity index (χ3v) is 5.84. The van der Waals surface area contributed by atoms with Crippen molar-refractivity contribution >= 4 is 23.1 Å². The number of ether oxygens (including phenoxy) is 2. The molecule has 1 aliphatic rings. The highest BCUT2D eigenvalue weighted by Crippen LogP contribution is 2.33. The molecule has 0 spiro atoms. The van der Waals surface area contributed by atoms with Crippen molar-refractivity contribution in [3.63, 3.8) is 0 Å². The molecule has 5 rings (SSSR count). The van der Waals surface area contributed by atoms with E-state index in [-0.39, 0.29) is 6.10 Å². The Hall–Kier alpha value is -3.65. The number of hydrogen-bond donors (Lipinski definition) is 1. The minimum absolute atomic E-state index is 0.0327. The zero-order valence-electron chi connectivity index (χ0n) is 19.4. The molecule has 8 heteroatoms. The first-order valence-corrected chi connectivity index (χ1v) is 11.2. The monoisotopic (exact) mass is 444 g/mol. The molecular weight excluding hydrogens is 416 g/mol. The van der Waals surface area contributed by atoms with Gasteiger partial charge < -0.3 is 9.47 Å². The summed E-state index contributed by atoms with van der Waals surface area (Å²) in [7, 11) is 4.00. The van der Waals surface area contributed by atoms with Crippen LogP contribution in [0.5, 0.6) is 11.8 Å². The summed E-state index contributed by atoms with van der Waals surface area (Å²) in [6.07, 6.45) is 7.74. The molecular formula is C25H28N6O2. The van der Waals surface area contributed by atoms with Crippen LogP contribution in [0.25, 0.3) is 34.2 Å². The Morgan fingerprint density at radius 2 is 2.09 bits per heavy atom. The molecule has 8 nitrogen and oxygen atoms in total. The minimum atomic E-state index is -0.0327. The van der Waals surface area contributed by atoms with Crippen molar-refractivity contribution in [1.82, 2.24) is 29.9 Å². The Bertz CT molecular complexity index is 1320. The first-order valence-electron chi connectivity index (χ1n) is 11.2. The first-order chi connectivity index (χ1) is 16.0. The molecule has 0 fully saturated rings. The lowest BCUT2D eigenvalue weighted by Crippen LogP contribution is -2.31. The van der Waals surface area contributed by atoms with E-state index in [1.54, 1.807) is 10.9 Å². The first kappa shape index (κ1) is 21.2. The van der Waals surface area contributed by atoms with Gasteiger partial charge in [0.15, 0.2) is 0 Å². The summed E-state index contributed by atoms with van der Waals surface area (Å²) in [5, 5.41) is 13.1. The maximum Gasteiger partial charge on any atom is 0.221 e. The Morgan fingerprint density at radius 1 is 1.21 bits per heavy atom. The van der Waals surface area contributed by atoms with Gasteiger partial charge in [0, 0.05) is 37.3 Å². The van der Waals surface area contributed by atoms with Gasteiger partial charge in [0.05, 0.1) is 29.6 Å². The largest absolute Gasteiger partial charge is 0.478 e. The fourth-order valence-corrected chi connectivity index (χ4v) is 4.34. The Kier molecular flexibility index (Phi) is 5.60. The average Bonchev–Trinajstić information content (AvgIpc) is 3.36. The van der Waals surface area contributed by atoms with Crippen molar-refractivity contribution in [2.45, 2.75) is 26.5 Å². The van der Waals surface area contributed by atoms with Crippen LogP contribution in [0, 0.1) is 0 Å². The highest BCUT2D eigenvalue weighted by molar-refractivity contribution is 5.93. The molecule has 1 N–H and O–H groups in total. The van der Waals surface area contributed by atoms with Crippen LogP contribution in [0.3, 0.4) is 0 Å². The van der Waals surface area contributed by atoms with Crippen molar-refractivity contribution in [2.75, 3.05) is 20.2 Å². The minimum Gasteiger partial charge on any atom is -0.478 e. The fraction of sp³-hybridized carbons (Fsp3) is 0.320. The summed E-state index contributed by atoms with van der Waals surface area (Å²) in [5.74, 6) is 1.39. The summed E-state index contributed by atoms with van der Waals surface area (Å²) in [6.45, 7) is 6.10. The Labute approximate surface area is 192 Å². The van der Waals surface area contributed by atoms with Crippen molar-refractivity contribution < 1.29 is 9.47 Å². The SMILES string of the molecule is CCOc1nccc2c1/C=C/c1[nH]nc3ccc(cc13)-c1cnn(C)c1O[C@@H](C)CN(C)C2. The molecule has 3 aromatic heterocycles. The number of rotatable bonds is 2. The predicted octanol–water partition coefficient (Wildman–Crippen LogP) is 4.14. The second-order valence-electron chi connectivity index (χ2n) is 8.44. The summed E-state index contributed by atoms with van der Waals surface area (Å²) in [6, 6.07) is 8.25. The molecule has 0 saturated heterocycles. The quantitative estimate of drug-likeness (QED) is 0.501.